The minimum atomic E-state index is -0.717. The van der Waals surface area contributed by atoms with E-state index in [1.165, 1.54) is 12.1 Å². The molecule has 84 valence electrons. The summed E-state index contributed by atoms with van der Waals surface area (Å²) in [4.78, 5) is 14.7. The van der Waals surface area contributed by atoms with E-state index in [2.05, 4.69) is 10.3 Å². The summed E-state index contributed by atoms with van der Waals surface area (Å²) in [6.45, 7) is 1.77. The van der Waals surface area contributed by atoms with E-state index in [0.29, 0.717) is 6.42 Å². The van der Waals surface area contributed by atoms with E-state index in [9.17, 15) is 9.18 Å². The average Bonchev–Trinajstić information content (AvgIpc) is 2.39. The number of hydrogen-bond acceptors (Lipinski definition) is 2. The Bertz CT molecular complexity index is 472. The summed E-state index contributed by atoms with van der Waals surface area (Å²) in [7, 11) is 0. The fraction of sp³-hybridized carbons (Fsp3) is 0.273. The van der Waals surface area contributed by atoms with Crippen molar-refractivity contribution >= 4 is 11.9 Å². The van der Waals surface area contributed by atoms with Crippen molar-refractivity contribution in [3.63, 3.8) is 0 Å². The van der Waals surface area contributed by atoms with E-state index in [1.54, 1.807) is 19.1 Å². The number of rotatable bonds is 2. The molecule has 1 unspecified atom stereocenters. The Morgan fingerprint density at radius 3 is 2.88 bits per heavy atom. The zero-order valence-corrected chi connectivity index (χ0v) is 8.83. The van der Waals surface area contributed by atoms with Crippen LogP contribution < -0.4 is 11.1 Å². The van der Waals surface area contributed by atoms with E-state index in [0.717, 1.165) is 5.56 Å². The highest BCUT2D eigenvalue weighted by Crippen LogP contribution is 2.18. The van der Waals surface area contributed by atoms with Gasteiger partial charge in [-0.25, -0.2) is 9.18 Å². The van der Waals surface area contributed by atoms with Gasteiger partial charge < -0.3 is 11.1 Å². The van der Waals surface area contributed by atoms with E-state index in [4.69, 9.17) is 5.73 Å². The van der Waals surface area contributed by atoms with Gasteiger partial charge in [-0.1, -0.05) is 12.1 Å². The zero-order valence-electron chi connectivity index (χ0n) is 8.83. The molecule has 2 amide bonds. The van der Waals surface area contributed by atoms with Gasteiger partial charge >= 0.3 is 6.03 Å². The zero-order chi connectivity index (χ0) is 11.8. The summed E-state index contributed by atoms with van der Waals surface area (Å²) < 4.78 is 13.0. The van der Waals surface area contributed by atoms with Crippen LogP contribution in [0.25, 0.3) is 0 Å². The van der Waals surface area contributed by atoms with Crippen LogP contribution in [0.3, 0.4) is 0 Å². The molecule has 1 heterocycles. The summed E-state index contributed by atoms with van der Waals surface area (Å²) in [5.74, 6) is -0.0669. The molecule has 0 saturated heterocycles. The van der Waals surface area contributed by atoms with Crippen molar-refractivity contribution in [3.05, 3.63) is 35.6 Å². The van der Waals surface area contributed by atoms with Gasteiger partial charge in [0.1, 0.15) is 17.2 Å². The second-order valence-electron chi connectivity index (χ2n) is 4.07. The number of benzene rings is 1. The monoisotopic (exact) mass is 221 g/mol. The van der Waals surface area contributed by atoms with Crippen LogP contribution in [0.4, 0.5) is 9.18 Å². The fourth-order valence-electron chi connectivity index (χ4n) is 1.75. The van der Waals surface area contributed by atoms with Crippen LogP contribution in [0.1, 0.15) is 12.5 Å². The average molecular weight is 221 g/mol. The number of aliphatic imine (C=N–C) groups is 1. The minimum Gasteiger partial charge on any atom is -0.385 e. The van der Waals surface area contributed by atoms with Crippen LogP contribution in [0, 0.1) is 5.82 Å². The van der Waals surface area contributed by atoms with Crippen molar-refractivity contribution in [2.24, 2.45) is 10.7 Å². The lowest BCUT2D eigenvalue weighted by atomic mass is 9.92. The SMILES string of the molecule is CC1(Cc2cccc(F)c2)NC(=O)N=C1N. The fourth-order valence-corrected chi connectivity index (χ4v) is 1.75. The molecule has 16 heavy (non-hydrogen) atoms. The molecule has 4 nitrogen and oxygen atoms in total. The molecule has 1 aliphatic heterocycles. The van der Waals surface area contributed by atoms with Crippen molar-refractivity contribution in [2.75, 3.05) is 0 Å². The van der Waals surface area contributed by atoms with E-state index in [1.807, 2.05) is 0 Å². The number of halogens is 1. The van der Waals surface area contributed by atoms with Crippen LogP contribution in [0.15, 0.2) is 29.3 Å². The Hall–Kier alpha value is -1.91. The molecular formula is C11H12FN3O. The van der Waals surface area contributed by atoms with Gasteiger partial charge in [0, 0.05) is 6.42 Å². The maximum atomic E-state index is 13.0. The molecule has 0 radical (unpaired) electrons. The predicted molar refractivity (Wildman–Crippen MR) is 58.7 cm³/mol. The predicted octanol–water partition coefficient (Wildman–Crippen LogP) is 1.21. The van der Waals surface area contributed by atoms with Gasteiger partial charge in [-0.3, -0.25) is 0 Å². The molecule has 1 atom stereocenters. The lowest BCUT2D eigenvalue weighted by molar-refractivity contribution is 0.247. The van der Waals surface area contributed by atoms with Crippen molar-refractivity contribution in [1.29, 1.82) is 0 Å². The first-order chi connectivity index (χ1) is 7.49. The number of carbonyl (C=O) groups is 1. The first-order valence-electron chi connectivity index (χ1n) is 4.91. The summed E-state index contributed by atoms with van der Waals surface area (Å²) >= 11 is 0. The number of nitrogens with one attached hydrogen (secondary N) is 1. The molecule has 3 N–H and O–H groups in total. The molecule has 1 aromatic rings. The first-order valence-corrected chi connectivity index (χ1v) is 4.91. The first kappa shape index (κ1) is 10.6. The Balaban J connectivity index is 2.22. The number of amidine groups is 1. The maximum Gasteiger partial charge on any atom is 0.343 e. The molecule has 0 saturated carbocycles. The van der Waals surface area contributed by atoms with Crippen molar-refractivity contribution in [1.82, 2.24) is 5.32 Å². The Labute approximate surface area is 92.4 Å². The molecule has 0 spiro atoms. The molecule has 1 aromatic carbocycles. The van der Waals surface area contributed by atoms with Gasteiger partial charge in [-0.05, 0) is 24.6 Å². The normalized spacial score (nSPS) is 24.1. The molecule has 1 aliphatic rings. The van der Waals surface area contributed by atoms with E-state index < -0.39 is 11.6 Å². The van der Waals surface area contributed by atoms with Crippen molar-refractivity contribution < 1.29 is 9.18 Å². The van der Waals surface area contributed by atoms with Gasteiger partial charge in [0.2, 0.25) is 0 Å². The number of carbonyl (C=O) groups excluding carboxylic acids is 1. The van der Waals surface area contributed by atoms with Gasteiger partial charge in [-0.2, -0.15) is 4.99 Å². The van der Waals surface area contributed by atoms with Gasteiger partial charge in [0.05, 0.1) is 0 Å². The number of nitrogens with two attached hydrogens (primary N) is 1. The van der Waals surface area contributed by atoms with Crippen molar-refractivity contribution in [3.8, 4) is 0 Å². The van der Waals surface area contributed by atoms with Gasteiger partial charge in [0.15, 0.2) is 0 Å². The molecule has 0 bridgehead atoms. The molecule has 5 heteroatoms. The number of amides is 2. The largest absolute Gasteiger partial charge is 0.385 e. The van der Waals surface area contributed by atoms with Crippen LogP contribution >= 0.6 is 0 Å². The Morgan fingerprint density at radius 1 is 1.56 bits per heavy atom. The lowest BCUT2D eigenvalue weighted by Gasteiger charge is -2.23. The Morgan fingerprint density at radius 2 is 2.31 bits per heavy atom. The van der Waals surface area contributed by atoms with Crippen LogP contribution in [-0.2, 0) is 6.42 Å². The summed E-state index contributed by atoms with van der Waals surface area (Å²) in [6.07, 6.45) is 0.422. The highest BCUT2D eigenvalue weighted by molar-refractivity contribution is 6.05. The number of hydrogen-bond donors (Lipinski definition) is 2. The van der Waals surface area contributed by atoms with Crippen LogP contribution in [-0.4, -0.2) is 17.4 Å². The Kier molecular flexibility index (Phi) is 2.38. The third-order valence-corrected chi connectivity index (χ3v) is 2.62. The molecule has 2 rings (SSSR count). The van der Waals surface area contributed by atoms with Crippen molar-refractivity contribution in [2.45, 2.75) is 18.9 Å². The van der Waals surface area contributed by atoms with E-state index >= 15 is 0 Å². The minimum absolute atomic E-state index is 0.238. The lowest BCUT2D eigenvalue weighted by Crippen LogP contribution is -2.50. The third kappa shape index (κ3) is 1.88. The third-order valence-electron chi connectivity index (χ3n) is 2.62. The molecule has 0 aromatic heterocycles. The standard InChI is InChI=1S/C11H12FN3O/c1-11(9(13)14-10(16)15-11)6-7-3-2-4-8(12)5-7/h2-5H,6H2,1H3,(H3,13,14,15,16). The molecule has 0 aliphatic carbocycles. The quantitative estimate of drug-likeness (QED) is 0.788. The second-order valence-corrected chi connectivity index (χ2v) is 4.07. The molecule has 0 fully saturated rings. The van der Waals surface area contributed by atoms with Gasteiger partial charge in [-0.15, -0.1) is 0 Å². The highest BCUT2D eigenvalue weighted by atomic mass is 19.1. The second kappa shape index (κ2) is 3.59. The van der Waals surface area contributed by atoms with E-state index in [-0.39, 0.29) is 11.7 Å². The topological polar surface area (TPSA) is 67.5 Å². The molecular weight excluding hydrogens is 209 g/mol. The summed E-state index contributed by atoms with van der Waals surface area (Å²) in [5, 5.41) is 2.66. The summed E-state index contributed by atoms with van der Waals surface area (Å²) in [5.41, 5.74) is 5.71. The van der Waals surface area contributed by atoms with Crippen LogP contribution in [0.2, 0.25) is 0 Å². The van der Waals surface area contributed by atoms with Crippen LogP contribution in [0.5, 0.6) is 0 Å². The number of urea groups is 1. The maximum absolute atomic E-state index is 13.0. The highest BCUT2D eigenvalue weighted by Gasteiger charge is 2.36. The smallest absolute Gasteiger partial charge is 0.343 e. The summed E-state index contributed by atoms with van der Waals surface area (Å²) in [6, 6.07) is 5.75. The van der Waals surface area contributed by atoms with Gasteiger partial charge in [0.25, 0.3) is 0 Å². The number of nitrogens with zero attached hydrogens (tertiary/aromatic N) is 1.